The number of hydrogen-bond donors (Lipinski definition) is 0. The number of benzene rings is 2. The van der Waals surface area contributed by atoms with Crippen molar-refractivity contribution < 1.29 is 9.53 Å². The van der Waals surface area contributed by atoms with Crippen molar-refractivity contribution in [2.45, 2.75) is 12.3 Å². The topological polar surface area (TPSA) is 32.8 Å². The molecule has 0 radical (unpaired) electrons. The molecule has 1 saturated heterocycles. The molecule has 4 nitrogen and oxygen atoms in total. The average Bonchev–Trinajstić information content (AvgIpc) is 3.48. The first-order valence-electron chi connectivity index (χ1n) is 9.10. The fraction of sp³-hybridized carbons (Fsp3) is 0.381. The van der Waals surface area contributed by atoms with Crippen molar-refractivity contribution in [3.05, 3.63) is 59.1 Å². The minimum atomic E-state index is 0.0905. The molecule has 1 saturated carbocycles. The molecular formula is C21H23ClN2O2. The van der Waals surface area contributed by atoms with Crippen molar-refractivity contribution in [1.29, 1.82) is 0 Å². The van der Waals surface area contributed by atoms with Crippen LogP contribution in [0.15, 0.2) is 48.5 Å². The summed E-state index contributed by atoms with van der Waals surface area (Å²) >= 11 is 6.29. The zero-order valence-electron chi connectivity index (χ0n) is 14.9. The lowest BCUT2D eigenvalue weighted by molar-refractivity contribution is -0.132. The van der Waals surface area contributed by atoms with Crippen LogP contribution in [0.1, 0.15) is 17.9 Å². The fourth-order valence-corrected chi connectivity index (χ4v) is 4.16. The zero-order chi connectivity index (χ0) is 18.1. The number of anilines is 1. The normalized spacial score (nSPS) is 22.2. The highest BCUT2D eigenvalue weighted by atomic mass is 35.5. The summed E-state index contributed by atoms with van der Waals surface area (Å²) < 4.78 is 5.46. The van der Waals surface area contributed by atoms with E-state index in [0.717, 1.165) is 54.6 Å². The van der Waals surface area contributed by atoms with Gasteiger partial charge in [0.2, 0.25) is 5.91 Å². The smallest absolute Gasteiger partial charge is 0.226 e. The van der Waals surface area contributed by atoms with Crippen LogP contribution in [-0.2, 0) is 4.79 Å². The van der Waals surface area contributed by atoms with Gasteiger partial charge >= 0.3 is 0 Å². The molecule has 2 atom stereocenters. The summed E-state index contributed by atoms with van der Waals surface area (Å²) in [7, 11) is 1.69. The number of halogens is 1. The van der Waals surface area contributed by atoms with Crippen LogP contribution in [0.4, 0.5) is 5.69 Å². The van der Waals surface area contributed by atoms with E-state index >= 15 is 0 Å². The number of nitrogens with zero attached hydrogens (tertiary/aromatic N) is 2. The van der Waals surface area contributed by atoms with Gasteiger partial charge in [-0.2, -0.15) is 0 Å². The predicted molar refractivity (Wildman–Crippen MR) is 104 cm³/mol. The van der Waals surface area contributed by atoms with E-state index in [0.29, 0.717) is 0 Å². The third-order valence-corrected chi connectivity index (χ3v) is 5.77. The van der Waals surface area contributed by atoms with Crippen molar-refractivity contribution in [1.82, 2.24) is 4.90 Å². The van der Waals surface area contributed by atoms with E-state index in [2.05, 4.69) is 11.0 Å². The van der Waals surface area contributed by atoms with Gasteiger partial charge in [0.25, 0.3) is 0 Å². The van der Waals surface area contributed by atoms with Crippen molar-refractivity contribution >= 4 is 23.2 Å². The summed E-state index contributed by atoms with van der Waals surface area (Å²) in [5.41, 5.74) is 2.21. The number of ether oxygens (including phenoxy) is 1. The molecule has 5 heteroatoms. The summed E-state index contributed by atoms with van der Waals surface area (Å²) in [5, 5.41) is 0.772. The van der Waals surface area contributed by atoms with Crippen molar-refractivity contribution in [3.63, 3.8) is 0 Å². The molecule has 2 aromatic rings. The molecule has 0 N–H and O–H groups in total. The minimum Gasteiger partial charge on any atom is -0.495 e. The van der Waals surface area contributed by atoms with Gasteiger partial charge in [-0.25, -0.2) is 0 Å². The average molecular weight is 371 g/mol. The molecule has 1 heterocycles. The van der Waals surface area contributed by atoms with E-state index in [1.165, 1.54) is 0 Å². The molecule has 2 fully saturated rings. The van der Waals surface area contributed by atoms with Gasteiger partial charge in [-0.1, -0.05) is 41.9 Å². The molecule has 2 aliphatic rings. The Morgan fingerprint density at radius 2 is 1.73 bits per heavy atom. The van der Waals surface area contributed by atoms with Crippen molar-refractivity contribution in [2.24, 2.45) is 5.92 Å². The standard InChI is InChI=1S/C21H23ClN2O2/c1-26-20-9-5-4-8-19(20)23-10-12-24(13-11-23)21(25)17-14-16(17)15-6-2-3-7-18(15)22/h2-9,16-17H,10-14H2,1H3. The Hall–Kier alpha value is -2.20. The number of carbonyl (C=O) groups excluding carboxylic acids is 1. The van der Waals surface area contributed by atoms with E-state index in [1.807, 2.05) is 47.4 Å². The van der Waals surface area contributed by atoms with E-state index in [4.69, 9.17) is 16.3 Å². The number of rotatable bonds is 4. The minimum absolute atomic E-state index is 0.0905. The maximum absolute atomic E-state index is 12.9. The first kappa shape index (κ1) is 17.2. The molecule has 0 spiro atoms. The summed E-state index contributed by atoms with van der Waals surface area (Å²) in [6.07, 6.45) is 0.912. The summed E-state index contributed by atoms with van der Waals surface area (Å²) in [5.74, 6) is 1.53. The predicted octanol–water partition coefficient (Wildman–Crippen LogP) is 3.80. The zero-order valence-corrected chi connectivity index (χ0v) is 15.7. The SMILES string of the molecule is COc1ccccc1N1CCN(C(=O)C2CC2c2ccccc2Cl)CC1. The number of para-hydroxylation sites is 2. The van der Waals surface area contributed by atoms with E-state index in [-0.39, 0.29) is 17.7 Å². The molecule has 4 rings (SSSR count). The van der Waals surface area contributed by atoms with Gasteiger partial charge in [-0.05, 0) is 36.1 Å². The van der Waals surface area contributed by atoms with Gasteiger partial charge in [0, 0.05) is 37.1 Å². The highest BCUT2D eigenvalue weighted by Gasteiger charge is 2.46. The third-order valence-electron chi connectivity index (χ3n) is 5.43. The molecule has 2 unspecified atom stereocenters. The second-order valence-electron chi connectivity index (χ2n) is 6.95. The fourth-order valence-electron chi connectivity index (χ4n) is 3.88. The van der Waals surface area contributed by atoms with Crippen LogP contribution < -0.4 is 9.64 Å². The lowest BCUT2D eigenvalue weighted by Crippen LogP contribution is -2.49. The van der Waals surface area contributed by atoms with Gasteiger partial charge in [0.15, 0.2) is 0 Å². The quantitative estimate of drug-likeness (QED) is 0.820. The van der Waals surface area contributed by atoms with Crippen LogP contribution in [0, 0.1) is 5.92 Å². The molecule has 136 valence electrons. The Morgan fingerprint density at radius 1 is 1.04 bits per heavy atom. The molecule has 26 heavy (non-hydrogen) atoms. The molecule has 0 bridgehead atoms. The summed E-state index contributed by atoms with van der Waals surface area (Å²) in [6, 6.07) is 15.9. The number of methoxy groups -OCH3 is 1. The van der Waals surface area contributed by atoms with Crippen LogP contribution >= 0.6 is 11.6 Å². The van der Waals surface area contributed by atoms with E-state index in [9.17, 15) is 4.79 Å². The van der Waals surface area contributed by atoms with Crippen molar-refractivity contribution in [3.8, 4) is 5.75 Å². The number of piperazine rings is 1. The first-order chi connectivity index (χ1) is 12.7. The van der Waals surface area contributed by atoms with Crippen LogP contribution in [0.25, 0.3) is 0 Å². The molecule has 1 aliphatic heterocycles. The highest BCUT2D eigenvalue weighted by molar-refractivity contribution is 6.31. The maximum atomic E-state index is 12.9. The summed E-state index contributed by atoms with van der Waals surface area (Å²) in [4.78, 5) is 17.2. The van der Waals surface area contributed by atoms with E-state index < -0.39 is 0 Å². The Labute approximate surface area is 159 Å². The molecular weight excluding hydrogens is 348 g/mol. The van der Waals surface area contributed by atoms with Crippen LogP contribution in [0.2, 0.25) is 5.02 Å². The van der Waals surface area contributed by atoms with Gasteiger partial charge in [-0.3, -0.25) is 4.79 Å². The van der Waals surface area contributed by atoms with Gasteiger partial charge in [0.1, 0.15) is 5.75 Å². The number of hydrogen-bond acceptors (Lipinski definition) is 3. The van der Waals surface area contributed by atoms with Crippen LogP contribution in [-0.4, -0.2) is 44.1 Å². The Bertz CT molecular complexity index is 802. The highest BCUT2D eigenvalue weighted by Crippen LogP contribution is 2.50. The van der Waals surface area contributed by atoms with Gasteiger partial charge < -0.3 is 14.5 Å². The lowest BCUT2D eigenvalue weighted by Gasteiger charge is -2.36. The maximum Gasteiger partial charge on any atom is 0.226 e. The molecule has 0 aromatic heterocycles. The molecule has 1 amide bonds. The van der Waals surface area contributed by atoms with Gasteiger partial charge in [-0.15, -0.1) is 0 Å². The van der Waals surface area contributed by atoms with Crippen LogP contribution in [0.3, 0.4) is 0 Å². The molecule has 1 aliphatic carbocycles. The van der Waals surface area contributed by atoms with E-state index in [1.54, 1.807) is 7.11 Å². The summed E-state index contributed by atoms with van der Waals surface area (Å²) in [6.45, 7) is 3.16. The number of amides is 1. The third kappa shape index (κ3) is 3.26. The Balaban J connectivity index is 1.37. The monoisotopic (exact) mass is 370 g/mol. The van der Waals surface area contributed by atoms with Crippen LogP contribution in [0.5, 0.6) is 5.75 Å². The molecule has 2 aromatic carbocycles. The van der Waals surface area contributed by atoms with Crippen molar-refractivity contribution in [2.75, 3.05) is 38.2 Å². The second kappa shape index (κ2) is 7.20. The first-order valence-corrected chi connectivity index (χ1v) is 9.48. The number of carbonyl (C=O) groups is 1. The Morgan fingerprint density at radius 3 is 2.46 bits per heavy atom. The Kier molecular flexibility index (Phi) is 4.77. The van der Waals surface area contributed by atoms with Gasteiger partial charge in [0.05, 0.1) is 12.8 Å². The second-order valence-corrected chi connectivity index (χ2v) is 7.36. The largest absolute Gasteiger partial charge is 0.495 e. The lowest BCUT2D eigenvalue weighted by atomic mass is 10.1.